The molecule has 4 rings (SSSR count). The molecule has 2 aromatic carbocycles. The minimum absolute atomic E-state index is 0.0181. The average molecular weight is 494 g/mol. The van der Waals surface area contributed by atoms with Gasteiger partial charge in [-0.3, -0.25) is 9.59 Å². The van der Waals surface area contributed by atoms with E-state index >= 15 is 0 Å². The van der Waals surface area contributed by atoms with Gasteiger partial charge in [0.05, 0.1) is 12.1 Å². The molecule has 6 nitrogen and oxygen atoms in total. The third kappa shape index (κ3) is 8.17. The normalized spacial score (nSPS) is 21.0. The van der Waals surface area contributed by atoms with Crippen LogP contribution in [0.3, 0.4) is 0 Å². The molecule has 2 amide bonds. The molecule has 0 fully saturated rings. The van der Waals surface area contributed by atoms with E-state index in [1.807, 2.05) is 0 Å². The number of hydrogen-bond acceptors (Lipinski definition) is 4. The largest absolute Gasteiger partial charge is 0.390 e. The molecule has 0 aromatic heterocycles. The van der Waals surface area contributed by atoms with E-state index in [2.05, 4.69) is 73.0 Å². The Balaban J connectivity index is 1.71. The molecule has 0 saturated heterocycles. The molecule has 2 aliphatic heterocycles. The fourth-order valence-electron chi connectivity index (χ4n) is 4.60. The minimum Gasteiger partial charge on any atom is -0.390 e. The van der Waals surface area contributed by atoms with Crippen LogP contribution in [0.25, 0.3) is 0 Å². The van der Waals surface area contributed by atoms with Crippen LogP contribution in [0, 0.1) is 0 Å². The van der Waals surface area contributed by atoms with Gasteiger partial charge in [-0.2, -0.15) is 0 Å². The van der Waals surface area contributed by atoms with E-state index < -0.39 is 18.2 Å². The lowest BCUT2D eigenvalue weighted by molar-refractivity contribution is -0.139. The summed E-state index contributed by atoms with van der Waals surface area (Å²) in [5, 5.41) is 17.5. The Bertz CT molecular complexity index is 989. The lowest BCUT2D eigenvalue weighted by Gasteiger charge is -2.29. The van der Waals surface area contributed by atoms with E-state index in [4.69, 9.17) is 0 Å². The summed E-state index contributed by atoms with van der Waals surface area (Å²) < 4.78 is 0. The van der Waals surface area contributed by atoms with Crippen LogP contribution in [0.15, 0.2) is 48.5 Å². The van der Waals surface area contributed by atoms with Gasteiger partial charge in [0.1, 0.15) is 6.04 Å². The molecule has 2 bridgehead atoms. The summed E-state index contributed by atoms with van der Waals surface area (Å²) in [5.41, 5.74) is 4.79. The Labute approximate surface area is 216 Å². The van der Waals surface area contributed by atoms with Crippen molar-refractivity contribution in [3.8, 4) is 0 Å². The average Bonchev–Trinajstić information content (AvgIpc) is 2.87. The first kappa shape index (κ1) is 27.9. The number of fused-ring (bicyclic) bond motifs is 13. The molecule has 2 heterocycles. The molecule has 2 aromatic rings. The number of nitrogens with one attached hydrogen (secondary N) is 2. The summed E-state index contributed by atoms with van der Waals surface area (Å²) in [4.78, 5) is 27.2. The second-order valence-electron chi connectivity index (χ2n) is 10.5. The van der Waals surface area contributed by atoms with Crippen LogP contribution in [0.2, 0.25) is 0 Å². The number of carbonyl (C=O) groups is 2. The first-order valence-corrected chi connectivity index (χ1v) is 13.4. The zero-order valence-corrected chi connectivity index (χ0v) is 22.3. The Kier molecular flexibility index (Phi) is 10.5. The van der Waals surface area contributed by atoms with Crippen molar-refractivity contribution in [2.24, 2.45) is 0 Å². The van der Waals surface area contributed by atoms with E-state index in [1.54, 1.807) is 14.0 Å². The highest BCUT2D eigenvalue weighted by Crippen LogP contribution is 2.16. The fraction of sp³-hybridized carbons (Fsp3) is 0.533. The Morgan fingerprint density at radius 2 is 1.72 bits per heavy atom. The number of aliphatic hydroxyl groups excluding tert-OH is 1. The van der Waals surface area contributed by atoms with Crippen LogP contribution in [0.5, 0.6) is 0 Å². The molecule has 36 heavy (non-hydrogen) atoms. The molecule has 0 saturated carbocycles. The number of amides is 2. The number of benzene rings is 2. The molecule has 0 radical (unpaired) electrons. The van der Waals surface area contributed by atoms with Crippen molar-refractivity contribution >= 4 is 11.8 Å². The third-order valence-electron chi connectivity index (χ3n) is 7.28. The van der Waals surface area contributed by atoms with E-state index in [9.17, 15) is 14.7 Å². The first-order chi connectivity index (χ1) is 17.2. The summed E-state index contributed by atoms with van der Waals surface area (Å²) in [6.45, 7) is 7.08. The standard InChI is InChI=1S/C30H43N3O3/c1-21(2)26-11-8-10-25(17-26)19-31-20-28(34)27-18-24-15-13-23(14-16-24)9-6-5-7-12-29(35)33(4)22(3)30(36)32-27/h8,10-11,13-17,21-22,27-28,31,34H,5-7,9,12,18-20H2,1-4H3,(H,32,36)/t22-,27-,28+/m0/s1. The van der Waals surface area contributed by atoms with E-state index in [0.717, 1.165) is 31.2 Å². The molecule has 3 atom stereocenters. The molecule has 6 heteroatoms. The maximum atomic E-state index is 13.1. The van der Waals surface area contributed by atoms with Crippen molar-refractivity contribution in [2.45, 2.75) is 89.9 Å². The maximum absolute atomic E-state index is 13.1. The van der Waals surface area contributed by atoms with Gasteiger partial charge in [-0.1, -0.05) is 68.8 Å². The summed E-state index contributed by atoms with van der Waals surface area (Å²) in [5.74, 6) is 0.196. The third-order valence-corrected chi connectivity index (χ3v) is 7.28. The summed E-state index contributed by atoms with van der Waals surface area (Å²) in [6.07, 6.45) is 4.02. The predicted octanol–water partition coefficient (Wildman–Crippen LogP) is 3.95. The second-order valence-corrected chi connectivity index (χ2v) is 10.5. The van der Waals surface area contributed by atoms with Crippen molar-refractivity contribution < 1.29 is 14.7 Å². The van der Waals surface area contributed by atoms with Crippen molar-refractivity contribution in [1.82, 2.24) is 15.5 Å². The zero-order valence-electron chi connectivity index (χ0n) is 22.3. The molecular weight excluding hydrogens is 450 g/mol. The van der Waals surface area contributed by atoms with Crippen LogP contribution in [0.4, 0.5) is 0 Å². The monoisotopic (exact) mass is 493 g/mol. The first-order valence-electron chi connectivity index (χ1n) is 13.4. The van der Waals surface area contributed by atoms with Gasteiger partial charge >= 0.3 is 0 Å². The van der Waals surface area contributed by atoms with Gasteiger partial charge < -0.3 is 20.6 Å². The Hall–Kier alpha value is -2.70. The van der Waals surface area contributed by atoms with Gasteiger partial charge in [-0.15, -0.1) is 0 Å². The van der Waals surface area contributed by atoms with E-state index in [0.29, 0.717) is 31.8 Å². The highest BCUT2D eigenvalue weighted by molar-refractivity contribution is 5.87. The van der Waals surface area contributed by atoms with E-state index in [-0.39, 0.29) is 11.8 Å². The quantitative estimate of drug-likeness (QED) is 0.569. The highest BCUT2D eigenvalue weighted by Gasteiger charge is 2.27. The molecule has 3 N–H and O–H groups in total. The van der Waals surface area contributed by atoms with Gasteiger partial charge in [0.15, 0.2) is 0 Å². The van der Waals surface area contributed by atoms with Crippen LogP contribution < -0.4 is 10.6 Å². The molecule has 196 valence electrons. The Morgan fingerprint density at radius 3 is 2.44 bits per heavy atom. The van der Waals surface area contributed by atoms with Crippen molar-refractivity contribution in [3.63, 3.8) is 0 Å². The van der Waals surface area contributed by atoms with Gasteiger partial charge in [0.25, 0.3) is 0 Å². The summed E-state index contributed by atoms with van der Waals surface area (Å²) >= 11 is 0. The number of carbonyl (C=O) groups excluding carboxylic acids is 2. The smallest absolute Gasteiger partial charge is 0.242 e. The number of aliphatic hydroxyl groups is 1. The summed E-state index contributed by atoms with van der Waals surface area (Å²) in [6, 6.07) is 15.8. The van der Waals surface area contributed by atoms with Crippen molar-refractivity contribution in [1.29, 1.82) is 0 Å². The van der Waals surface area contributed by atoms with Gasteiger partial charge in [-0.05, 0) is 60.8 Å². The topological polar surface area (TPSA) is 81.7 Å². The number of nitrogens with zero attached hydrogens (tertiary/aromatic N) is 1. The predicted molar refractivity (Wildman–Crippen MR) is 145 cm³/mol. The SMILES string of the molecule is CC(C)c1cccc(CNC[C@@H](O)[C@@H]2Cc3ccc(cc3)CCCCCC(=O)N(C)[C@@H](C)C(=O)N2)c1. The van der Waals surface area contributed by atoms with Crippen LogP contribution in [-0.2, 0) is 29.0 Å². The molecule has 0 aliphatic carbocycles. The van der Waals surface area contributed by atoms with Gasteiger partial charge in [-0.25, -0.2) is 0 Å². The zero-order chi connectivity index (χ0) is 26.1. The lowest BCUT2D eigenvalue weighted by Crippen LogP contribution is -2.54. The van der Waals surface area contributed by atoms with Crippen molar-refractivity contribution in [3.05, 3.63) is 70.8 Å². The van der Waals surface area contributed by atoms with Crippen LogP contribution in [-0.4, -0.2) is 53.6 Å². The van der Waals surface area contributed by atoms with E-state index in [1.165, 1.54) is 21.6 Å². The lowest BCUT2D eigenvalue weighted by atomic mass is 9.97. The molecule has 2 aliphatic rings. The number of rotatable bonds is 6. The highest BCUT2D eigenvalue weighted by atomic mass is 16.3. The molecule has 0 spiro atoms. The number of likely N-dealkylation sites (N-methyl/N-ethyl adjacent to an activating group) is 1. The number of aryl methyl sites for hydroxylation is 1. The number of hydrogen-bond donors (Lipinski definition) is 3. The van der Waals surface area contributed by atoms with Gasteiger partial charge in [0, 0.05) is 26.6 Å². The van der Waals surface area contributed by atoms with Gasteiger partial charge in [0.2, 0.25) is 11.8 Å². The Morgan fingerprint density at radius 1 is 1.03 bits per heavy atom. The van der Waals surface area contributed by atoms with Crippen molar-refractivity contribution in [2.75, 3.05) is 13.6 Å². The fourth-order valence-corrected chi connectivity index (χ4v) is 4.60. The maximum Gasteiger partial charge on any atom is 0.242 e. The molecule has 0 unspecified atom stereocenters. The molecular formula is C30H43N3O3. The van der Waals surface area contributed by atoms with Crippen LogP contribution >= 0.6 is 0 Å². The minimum atomic E-state index is -0.783. The second kappa shape index (κ2) is 13.6. The van der Waals surface area contributed by atoms with Crippen LogP contribution in [0.1, 0.15) is 74.6 Å². The summed E-state index contributed by atoms with van der Waals surface area (Å²) in [7, 11) is 1.69.